The number of esters is 2. The van der Waals surface area contributed by atoms with Crippen molar-refractivity contribution < 1.29 is 33.3 Å². The van der Waals surface area contributed by atoms with Crippen LogP contribution >= 0.6 is 0 Å². The Morgan fingerprint density at radius 3 is 2.75 bits per heavy atom. The number of hydrogen-bond donors (Lipinski definition) is 0. The standard InChI is InChI=1S/C21H24O7/c1-10(2)11-5-15-13-7-12(26-19(13)23)8-21(3)9-14(22)18(28-21)17(20(24)25-4)16(6-11)27-15/h7,11-12,15,18H,1,5-6,8-9H2,2-4H3/b17-16+/t11-,12+,15+,18-,21-/m1/s1. The first kappa shape index (κ1) is 18.9. The van der Waals surface area contributed by atoms with Crippen molar-refractivity contribution in [1.82, 2.24) is 0 Å². The molecule has 0 spiro atoms. The molecule has 7 nitrogen and oxygen atoms in total. The van der Waals surface area contributed by atoms with Gasteiger partial charge in [0, 0.05) is 19.3 Å². The highest BCUT2D eigenvalue weighted by Crippen LogP contribution is 2.44. The van der Waals surface area contributed by atoms with Crippen LogP contribution in [-0.2, 0) is 33.3 Å². The summed E-state index contributed by atoms with van der Waals surface area (Å²) < 4.78 is 22.6. The third-order valence-electron chi connectivity index (χ3n) is 5.96. The summed E-state index contributed by atoms with van der Waals surface area (Å²) in [5.41, 5.74) is 0.617. The molecular formula is C21H24O7. The maximum absolute atomic E-state index is 12.8. The maximum atomic E-state index is 12.8. The van der Waals surface area contributed by atoms with Crippen molar-refractivity contribution in [2.45, 2.75) is 63.4 Å². The quantitative estimate of drug-likeness (QED) is 0.529. The largest absolute Gasteiger partial charge is 0.489 e. The number of fused-ring (bicyclic) bond motifs is 6. The summed E-state index contributed by atoms with van der Waals surface area (Å²) in [6, 6.07) is 0. The van der Waals surface area contributed by atoms with Gasteiger partial charge in [0.1, 0.15) is 23.5 Å². The molecule has 0 aromatic heterocycles. The predicted molar refractivity (Wildman–Crippen MR) is 96.9 cm³/mol. The molecule has 4 aliphatic rings. The van der Waals surface area contributed by atoms with Crippen LogP contribution in [-0.4, -0.2) is 48.7 Å². The van der Waals surface area contributed by atoms with Crippen LogP contribution in [0.3, 0.4) is 0 Å². The minimum atomic E-state index is -1.05. The minimum absolute atomic E-state index is 0.00945. The fourth-order valence-electron chi connectivity index (χ4n) is 4.52. The summed E-state index contributed by atoms with van der Waals surface area (Å²) in [6.07, 6.45) is 1.07. The Kier molecular flexibility index (Phi) is 4.45. The Bertz CT molecular complexity index is 836. The smallest absolute Gasteiger partial charge is 0.340 e. The number of methoxy groups -OCH3 is 1. The Balaban J connectivity index is 1.88. The Morgan fingerprint density at radius 2 is 2.07 bits per heavy atom. The molecule has 5 atom stereocenters. The van der Waals surface area contributed by atoms with Gasteiger partial charge in [0.2, 0.25) is 0 Å². The molecule has 0 aliphatic carbocycles. The number of carbonyl (C=O) groups excluding carboxylic acids is 3. The average Bonchev–Trinajstić information content (AvgIpc) is 3.12. The average molecular weight is 388 g/mol. The minimum Gasteiger partial charge on any atom is -0.489 e. The van der Waals surface area contributed by atoms with Gasteiger partial charge in [-0.2, -0.15) is 0 Å². The van der Waals surface area contributed by atoms with Crippen molar-refractivity contribution in [2.24, 2.45) is 5.92 Å². The zero-order valence-corrected chi connectivity index (χ0v) is 16.3. The molecule has 4 rings (SSSR count). The first-order valence-corrected chi connectivity index (χ1v) is 9.47. The van der Waals surface area contributed by atoms with E-state index in [1.54, 1.807) is 13.0 Å². The van der Waals surface area contributed by atoms with Crippen molar-refractivity contribution in [3.8, 4) is 0 Å². The zero-order valence-electron chi connectivity index (χ0n) is 16.3. The highest BCUT2D eigenvalue weighted by atomic mass is 16.6. The molecule has 2 fully saturated rings. The van der Waals surface area contributed by atoms with E-state index in [-0.39, 0.29) is 23.7 Å². The van der Waals surface area contributed by atoms with Gasteiger partial charge in [0.05, 0.1) is 18.3 Å². The highest BCUT2D eigenvalue weighted by Gasteiger charge is 2.51. The molecule has 7 heteroatoms. The number of ether oxygens (including phenoxy) is 4. The van der Waals surface area contributed by atoms with E-state index in [1.807, 2.05) is 6.92 Å². The van der Waals surface area contributed by atoms with Crippen LogP contribution in [0.1, 0.15) is 39.5 Å². The van der Waals surface area contributed by atoms with Crippen LogP contribution in [0, 0.1) is 5.92 Å². The van der Waals surface area contributed by atoms with E-state index in [9.17, 15) is 14.4 Å². The summed E-state index contributed by atoms with van der Waals surface area (Å²) in [5.74, 6) is -0.967. The van der Waals surface area contributed by atoms with Crippen LogP contribution < -0.4 is 0 Å². The van der Waals surface area contributed by atoms with Gasteiger partial charge in [-0.1, -0.05) is 12.2 Å². The zero-order chi connectivity index (χ0) is 20.2. The Hall–Kier alpha value is -2.41. The monoisotopic (exact) mass is 388 g/mol. The molecule has 2 saturated heterocycles. The third-order valence-corrected chi connectivity index (χ3v) is 5.96. The van der Waals surface area contributed by atoms with Gasteiger partial charge in [0.25, 0.3) is 0 Å². The van der Waals surface area contributed by atoms with Crippen molar-refractivity contribution >= 4 is 17.7 Å². The van der Waals surface area contributed by atoms with E-state index in [0.29, 0.717) is 30.6 Å². The molecular weight excluding hydrogens is 364 g/mol. The summed E-state index contributed by atoms with van der Waals surface area (Å²) in [5, 5.41) is 0. The van der Waals surface area contributed by atoms with Crippen LogP contribution in [0.25, 0.3) is 0 Å². The number of hydrogen-bond acceptors (Lipinski definition) is 7. The molecule has 28 heavy (non-hydrogen) atoms. The topological polar surface area (TPSA) is 88.1 Å². The molecule has 0 N–H and O–H groups in total. The SMILES string of the molecule is C=C(C)[C@H]1C/C2=C(\C(=O)OC)[C@@H]3O[C@@](C)(CC3=O)C[C@@H]3C=C(C(=O)O3)[C@H](C1)O2. The lowest BCUT2D eigenvalue weighted by molar-refractivity contribution is -0.145. The second-order valence-corrected chi connectivity index (χ2v) is 8.28. The van der Waals surface area contributed by atoms with Crippen molar-refractivity contribution in [2.75, 3.05) is 7.11 Å². The van der Waals surface area contributed by atoms with Gasteiger partial charge in [-0.15, -0.1) is 0 Å². The second-order valence-electron chi connectivity index (χ2n) is 8.28. The normalized spacial score (nSPS) is 39.5. The summed E-state index contributed by atoms with van der Waals surface area (Å²) in [6.45, 7) is 7.74. The fraction of sp³-hybridized carbons (Fsp3) is 0.571. The summed E-state index contributed by atoms with van der Waals surface area (Å²) in [7, 11) is 1.26. The van der Waals surface area contributed by atoms with Gasteiger partial charge < -0.3 is 18.9 Å². The fourth-order valence-corrected chi connectivity index (χ4v) is 4.52. The summed E-state index contributed by atoms with van der Waals surface area (Å²) >= 11 is 0. The maximum Gasteiger partial charge on any atom is 0.340 e. The van der Waals surface area contributed by atoms with Crippen molar-refractivity contribution in [3.63, 3.8) is 0 Å². The Labute approximate surface area is 163 Å². The van der Waals surface area contributed by atoms with Crippen LogP contribution in [0.5, 0.6) is 0 Å². The highest BCUT2D eigenvalue weighted by molar-refractivity contribution is 6.01. The molecule has 0 unspecified atom stereocenters. The number of allylic oxidation sites excluding steroid dienone is 2. The molecule has 0 aromatic rings. The molecule has 0 aromatic carbocycles. The molecule has 0 saturated carbocycles. The summed E-state index contributed by atoms with van der Waals surface area (Å²) in [4.78, 5) is 37.9. The van der Waals surface area contributed by atoms with E-state index in [4.69, 9.17) is 18.9 Å². The van der Waals surface area contributed by atoms with E-state index in [2.05, 4.69) is 6.58 Å². The molecule has 0 radical (unpaired) electrons. The van der Waals surface area contributed by atoms with Gasteiger partial charge >= 0.3 is 11.9 Å². The number of carbonyl (C=O) groups is 3. The lowest BCUT2D eigenvalue weighted by atomic mass is 9.84. The van der Waals surface area contributed by atoms with Gasteiger partial charge in [-0.25, -0.2) is 9.59 Å². The number of ketones is 1. The molecule has 0 amide bonds. The Morgan fingerprint density at radius 1 is 1.32 bits per heavy atom. The molecule has 4 heterocycles. The van der Waals surface area contributed by atoms with Crippen LogP contribution in [0.4, 0.5) is 0 Å². The number of rotatable bonds is 2. The first-order chi connectivity index (χ1) is 13.2. The van der Waals surface area contributed by atoms with Gasteiger partial charge in [-0.05, 0) is 32.3 Å². The van der Waals surface area contributed by atoms with E-state index >= 15 is 0 Å². The van der Waals surface area contributed by atoms with Gasteiger partial charge in [0.15, 0.2) is 11.9 Å². The molecule has 6 bridgehead atoms. The first-order valence-electron chi connectivity index (χ1n) is 9.47. The van der Waals surface area contributed by atoms with Crippen LogP contribution in [0.15, 0.2) is 35.1 Å². The van der Waals surface area contributed by atoms with Crippen molar-refractivity contribution in [1.29, 1.82) is 0 Å². The predicted octanol–water partition coefficient (Wildman–Crippen LogP) is 2.16. The lowest BCUT2D eigenvalue weighted by Crippen LogP contribution is -2.35. The molecule has 4 aliphatic heterocycles. The van der Waals surface area contributed by atoms with Crippen LogP contribution in [0.2, 0.25) is 0 Å². The third kappa shape index (κ3) is 3.07. The number of Topliss-reactive ketones (excluding diaryl/α,β-unsaturated/α-hetero) is 1. The molecule has 150 valence electrons. The van der Waals surface area contributed by atoms with Gasteiger partial charge in [-0.3, -0.25) is 4.79 Å². The lowest BCUT2D eigenvalue weighted by Gasteiger charge is -2.34. The second kappa shape index (κ2) is 6.58. The van der Waals surface area contributed by atoms with E-state index in [0.717, 1.165) is 5.57 Å². The van der Waals surface area contributed by atoms with E-state index < -0.39 is 35.9 Å². The van der Waals surface area contributed by atoms with E-state index in [1.165, 1.54) is 7.11 Å². The van der Waals surface area contributed by atoms with Crippen molar-refractivity contribution in [3.05, 3.63) is 35.1 Å².